The lowest BCUT2D eigenvalue weighted by Crippen LogP contribution is -2.15. The number of nitrogens with one attached hydrogen (secondary N) is 1. The van der Waals surface area contributed by atoms with Gasteiger partial charge in [0.2, 0.25) is 0 Å². The monoisotopic (exact) mass is 559 g/mol. The molecule has 3 aromatic carbocycles. The van der Waals surface area contributed by atoms with E-state index in [1.165, 1.54) is 11.1 Å². The summed E-state index contributed by atoms with van der Waals surface area (Å²) in [6, 6.07) is 19.7. The zero-order valence-electron chi connectivity index (χ0n) is 25.4. The number of anilines is 1. The van der Waals surface area contributed by atoms with Gasteiger partial charge in [-0.05, 0) is 92.5 Å². The van der Waals surface area contributed by atoms with E-state index in [1.54, 1.807) is 25.1 Å². The fraction of sp³-hybridized carbons (Fsp3) is 0.429. The normalized spacial score (nSPS) is 11.7. The second-order valence-electron chi connectivity index (χ2n) is 10.8. The molecule has 0 aliphatic carbocycles. The lowest BCUT2D eigenvalue weighted by atomic mass is 9.98. The number of para-hydroxylation sites is 1. The molecule has 220 valence electrons. The van der Waals surface area contributed by atoms with Crippen LogP contribution in [0.15, 0.2) is 60.7 Å². The average Bonchev–Trinajstić information content (AvgIpc) is 2.95. The van der Waals surface area contributed by atoms with Gasteiger partial charge in [-0.15, -0.1) is 0 Å². The predicted molar refractivity (Wildman–Crippen MR) is 165 cm³/mol. The van der Waals surface area contributed by atoms with Crippen molar-refractivity contribution in [2.45, 2.75) is 79.8 Å². The topological polar surface area (TPSA) is 73.9 Å². The molecule has 1 unspecified atom stereocenters. The van der Waals surface area contributed by atoms with Crippen molar-refractivity contribution in [2.75, 3.05) is 18.5 Å². The molecule has 0 heterocycles. The van der Waals surface area contributed by atoms with E-state index in [4.69, 9.17) is 14.2 Å². The summed E-state index contributed by atoms with van der Waals surface area (Å²) in [4.78, 5) is 24.8. The number of benzene rings is 3. The van der Waals surface area contributed by atoms with Gasteiger partial charge in [-0.2, -0.15) is 0 Å². The Morgan fingerprint density at radius 2 is 1.61 bits per heavy atom. The van der Waals surface area contributed by atoms with E-state index < -0.39 is 0 Å². The number of ether oxygens (including phenoxy) is 3. The van der Waals surface area contributed by atoms with Gasteiger partial charge >= 0.3 is 5.97 Å². The van der Waals surface area contributed by atoms with Gasteiger partial charge in [0, 0.05) is 12.1 Å². The van der Waals surface area contributed by atoms with Crippen LogP contribution in [0, 0.1) is 19.8 Å². The van der Waals surface area contributed by atoms with E-state index in [9.17, 15) is 9.59 Å². The molecule has 0 bridgehead atoms. The maximum Gasteiger partial charge on any atom is 0.305 e. The number of hydrogen-bond donors (Lipinski definition) is 1. The summed E-state index contributed by atoms with van der Waals surface area (Å²) >= 11 is 0. The molecule has 3 rings (SSSR count). The second-order valence-corrected chi connectivity index (χ2v) is 10.8. The number of amides is 1. The molecule has 41 heavy (non-hydrogen) atoms. The summed E-state index contributed by atoms with van der Waals surface area (Å²) < 4.78 is 17.4. The van der Waals surface area contributed by atoms with Gasteiger partial charge in [-0.3, -0.25) is 9.59 Å². The van der Waals surface area contributed by atoms with Crippen molar-refractivity contribution in [3.63, 3.8) is 0 Å². The van der Waals surface area contributed by atoms with Gasteiger partial charge < -0.3 is 19.5 Å². The molecule has 1 N–H and O–H groups in total. The molecule has 1 atom stereocenters. The van der Waals surface area contributed by atoms with Crippen LogP contribution in [0.2, 0.25) is 0 Å². The molecule has 0 fully saturated rings. The summed E-state index contributed by atoms with van der Waals surface area (Å²) in [5.41, 5.74) is 5.62. The highest BCUT2D eigenvalue weighted by atomic mass is 16.5. The van der Waals surface area contributed by atoms with E-state index >= 15 is 0 Å². The Hall–Kier alpha value is -3.80. The summed E-state index contributed by atoms with van der Waals surface area (Å²) in [5, 5.41) is 3.04. The molecule has 0 radical (unpaired) electrons. The number of hydrogen-bond acceptors (Lipinski definition) is 5. The lowest BCUT2D eigenvalue weighted by Gasteiger charge is -2.22. The van der Waals surface area contributed by atoms with E-state index in [1.807, 2.05) is 32.0 Å². The minimum absolute atomic E-state index is 0.0421. The Morgan fingerprint density at radius 1 is 0.878 bits per heavy atom. The van der Waals surface area contributed by atoms with Crippen molar-refractivity contribution in [3.05, 3.63) is 88.5 Å². The van der Waals surface area contributed by atoms with Crippen LogP contribution in [0.4, 0.5) is 5.69 Å². The zero-order chi connectivity index (χ0) is 29.8. The highest BCUT2D eigenvalue weighted by Gasteiger charge is 2.18. The van der Waals surface area contributed by atoms with E-state index in [-0.39, 0.29) is 24.4 Å². The highest BCUT2D eigenvalue weighted by molar-refractivity contribution is 6.06. The van der Waals surface area contributed by atoms with Gasteiger partial charge in [-0.25, -0.2) is 0 Å². The summed E-state index contributed by atoms with van der Waals surface area (Å²) in [7, 11) is 0. The van der Waals surface area contributed by atoms with Gasteiger partial charge in [0.15, 0.2) is 0 Å². The number of carbonyl (C=O) groups excluding carboxylic acids is 2. The van der Waals surface area contributed by atoms with Crippen molar-refractivity contribution in [3.8, 4) is 11.5 Å². The Morgan fingerprint density at radius 3 is 2.29 bits per heavy atom. The molecule has 0 saturated heterocycles. The maximum atomic E-state index is 13.3. The SMILES string of the molecule is CCCC(Oc1ccc(NC(=O)c2ccccc2OCCCC(=O)OCC)c(C)c1C)c1ccc(CC(C)C)cc1. The average molecular weight is 560 g/mol. The quantitative estimate of drug-likeness (QED) is 0.149. The van der Waals surface area contributed by atoms with Crippen molar-refractivity contribution in [1.29, 1.82) is 0 Å². The third-order valence-corrected chi connectivity index (χ3v) is 7.02. The molecule has 6 nitrogen and oxygen atoms in total. The third kappa shape index (κ3) is 9.38. The molecule has 1 amide bonds. The molecule has 0 saturated carbocycles. The fourth-order valence-corrected chi connectivity index (χ4v) is 4.71. The minimum Gasteiger partial charge on any atom is -0.493 e. The molecule has 0 aromatic heterocycles. The molecule has 0 aliphatic rings. The smallest absolute Gasteiger partial charge is 0.305 e. The number of carbonyl (C=O) groups is 2. The lowest BCUT2D eigenvalue weighted by molar-refractivity contribution is -0.143. The van der Waals surface area contributed by atoms with Crippen LogP contribution in [0.3, 0.4) is 0 Å². The van der Waals surface area contributed by atoms with Crippen molar-refractivity contribution >= 4 is 17.6 Å². The van der Waals surface area contributed by atoms with E-state index in [0.717, 1.165) is 41.8 Å². The number of rotatable bonds is 15. The molecular formula is C35H45NO5. The van der Waals surface area contributed by atoms with Gasteiger partial charge in [0.1, 0.15) is 17.6 Å². The Bertz CT molecular complexity index is 1280. The summed E-state index contributed by atoms with van der Waals surface area (Å²) in [5.74, 6) is 1.41. The first-order chi connectivity index (χ1) is 19.7. The molecule has 0 aliphatic heterocycles. The van der Waals surface area contributed by atoms with Crippen molar-refractivity contribution in [2.24, 2.45) is 5.92 Å². The largest absolute Gasteiger partial charge is 0.493 e. The molecule has 3 aromatic rings. The Labute approximate surface area is 245 Å². The highest BCUT2D eigenvalue weighted by Crippen LogP contribution is 2.33. The summed E-state index contributed by atoms with van der Waals surface area (Å²) in [6.07, 6.45) is 3.73. The van der Waals surface area contributed by atoms with Crippen LogP contribution in [0.5, 0.6) is 11.5 Å². The van der Waals surface area contributed by atoms with Crippen LogP contribution in [0.1, 0.15) is 92.1 Å². The van der Waals surface area contributed by atoms with Crippen LogP contribution >= 0.6 is 0 Å². The van der Waals surface area contributed by atoms with Gasteiger partial charge in [-0.1, -0.05) is 63.6 Å². The minimum atomic E-state index is -0.257. The maximum absolute atomic E-state index is 13.3. The predicted octanol–water partition coefficient (Wildman–Crippen LogP) is 8.40. The fourth-order valence-electron chi connectivity index (χ4n) is 4.71. The first-order valence-electron chi connectivity index (χ1n) is 14.8. The van der Waals surface area contributed by atoms with Crippen LogP contribution in [0.25, 0.3) is 0 Å². The summed E-state index contributed by atoms with van der Waals surface area (Å²) in [6.45, 7) is 13.1. The Balaban J connectivity index is 1.69. The first kappa shape index (κ1) is 31.7. The van der Waals surface area contributed by atoms with Gasteiger partial charge in [0.05, 0.1) is 18.8 Å². The third-order valence-electron chi connectivity index (χ3n) is 7.02. The standard InChI is InChI=1S/C35H45NO5/c1-7-12-32(28-18-16-27(17-19-28)23-24(3)4)41-31-21-20-30(25(5)26(31)6)36-35(38)29-13-9-10-14-33(29)40-22-11-15-34(37)39-8-2/h9-10,13-14,16-21,24,32H,7-8,11-12,15,22-23H2,1-6H3,(H,36,38). The number of esters is 1. The first-order valence-corrected chi connectivity index (χ1v) is 14.8. The van der Waals surface area contributed by atoms with Gasteiger partial charge in [0.25, 0.3) is 5.91 Å². The van der Waals surface area contributed by atoms with E-state index in [2.05, 4.69) is 50.4 Å². The van der Waals surface area contributed by atoms with Crippen LogP contribution < -0.4 is 14.8 Å². The molecule has 6 heteroatoms. The molecular weight excluding hydrogens is 514 g/mol. The van der Waals surface area contributed by atoms with E-state index in [0.29, 0.717) is 36.9 Å². The van der Waals surface area contributed by atoms with Crippen molar-refractivity contribution < 1.29 is 23.8 Å². The van der Waals surface area contributed by atoms with Crippen LogP contribution in [-0.2, 0) is 16.0 Å². The molecule has 0 spiro atoms. The van der Waals surface area contributed by atoms with Crippen molar-refractivity contribution in [1.82, 2.24) is 0 Å². The zero-order valence-corrected chi connectivity index (χ0v) is 25.4. The second kappa shape index (κ2) is 15.8. The van der Waals surface area contributed by atoms with Crippen LogP contribution in [-0.4, -0.2) is 25.1 Å². The Kier molecular flexibility index (Phi) is 12.3.